The van der Waals surface area contributed by atoms with E-state index in [-0.39, 0.29) is 27.7 Å². The number of benzene rings is 1. The van der Waals surface area contributed by atoms with E-state index in [1.54, 1.807) is 4.90 Å². The molecule has 6 nitrogen and oxygen atoms in total. The highest BCUT2D eigenvalue weighted by atomic mass is 35.5. The Morgan fingerprint density at radius 1 is 1.00 bits per heavy atom. The number of amides is 1. The van der Waals surface area contributed by atoms with Crippen molar-refractivity contribution in [3.63, 3.8) is 0 Å². The van der Waals surface area contributed by atoms with Crippen LogP contribution in [0.3, 0.4) is 0 Å². The van der Waals surface area contributed by atoms with Crippen LogP contribution in [0.4, 0.5) is 5.69 Å². The highest BCUT2D eigenvalue weighted by Crippen LogP contribution is 2.52. The smallest absolute Gasteiger partial charge is 0.305 e. The molecule has 8 heteroatoms. The van der Waals surface area contributed by atoms with Crippen molar-refractivity contribution in [1.82, 2.24) is 9.97 Å². The maximum Gasteiger partial charge on any atom is 0.305 e. The lowest BCUT2D eigenvalue weighted by molar-refractivity contribution is -0.142. The lowest BCUT2D eigenvalue weighted by Gasteiger charge is -2.45. The largest absolute Gasteiger partial charge is 0.469 e. The van der Waals surface area contributed by atoms with Gasteiger partial charge in [0.25, 0.3) is 5.91 Å². The third kappa shape index (κ3) is 6.03. The summed E-state index contributed by atoms with van der Waals surface area (Å²) in [6, 6.07) is 8.37. The lowest BCUT2D eigenvalue weighted by atomic mass is 9.60. The van der Waals surface area contributed by atoms with Crippen molar-refractivity contribution in [2.75, 3.05) is 18.6 Å². The van der Waals surface area contributed by atoms with Crippen LogP contribution in [0, 0.1) is 11.3 Å². The number of hydrogen-bond donors (Lipinski definition) is 0. The molecule has 2 aliphatic carbocycles. The Balaban J connectivity index is 1.38. The van der Waals surface area contributed by atoms with Crippen molar-refractivity contribution >= 4 is 40.8 Å². The van der Waals surface area contributed by atoms with E-state index in [1.165, 1.54) is 57.5 Å². The van der Waals surface area contributed by atoms with Gasteiger partial charge < -0.3 is 9.64 Å². The van der Waals surface area contributed by atoms with Crippen LogP contribution in [0.2, 0.25) is 10.3 Å². The van der Waals surface area contributed by atoms with Gasteiger partial charge in [0.2, 0.25) is 0 Å². The van der Waals surface area contributed by atoms with Crippen LogP contribution in [0.5, 0.6) is 0 Å². The summed E-state index contributed by atoms with van der Waals surface area (Å²) in [6.45, 7) is 2.57. The minimum Gasteiger partial charge on any atom is -0.469 e. The summed E-state index contributed by atoms with van der Waals surface area (Å²) in [5.74, 6) is 0.654. The van der Waals surface area contributed by atoms with Crippen LogP contribution in [0.25, 0.3) is 0 Å². The molecule has 1 heterocycles. The van der Waals surface area contributed by atoms with E-state index in [4.69, 9.17) is 27.9 Å². The molecule has 0 saturated heterocycles. The fourth-order valence-corrected chi connectivity index (χ4v) is 6.51. The summed E-state index contributed by atoms with van der Waals surface area (Å²) >= 11 is 12.4. The van der Waals surface area contributed by atoms with Crippen LogP contribution >= 0.6 is 23.2 Å². The van der Waals surface area contributed by atoms with Gasteiger partial charge in [0.15, 0.2) is 0 Å². The summed E-state index contributed by atoms with van der Waals surface area (Å²) in [7, 11) is 1.48. The second-order valence-corrected chi connectivity index (χ2v) is 11.1. The van der Waals surface area contributed by atoms with E-state index in [1.807, 2.05) is 19.1 Å². The summed E-state index contributed by atoms with van der Waals surface area (Å²) < 4.78 is 4.86. The fourth-order valence-electron chi connectivity index (χ4n) is 6.03. The number of ether oxygens (including phenoxy) is 1. The molecule has 0 aliphatic heterocycles. The molecule has 4 rings (SSSR count). The zero-order valence-electron chi connectivity index (χ0n) is 21.1. The molecule has 2 aliphatic rings. The molecule has 1 amide bonds. The van der Waals surface area contributed by atoms with Gasteiger partial charge in [-0.1, -0.05) is 42.3 Å². The zero-order chi connectivity index (χ0) is 25.7. The number of carbonyl (C=O) groups is 2. The van der Waals surface area contributed by atoms with Crippen molar-refractivity contribution in [1.29, 1.82) is 0 Å². The van der Waals surface area contributed by atoms with Gasteiger partial charge in [-0.25, -0.2) is 9.97 Å². The topological polar surface area (TPSA) is 72.4 Å². The number of halogens is 2. The Labute approximate surface area is 223 Å². The monoisotopic (exact) mass is 531 g/mol. The molecule has 1 spiro atoms. The fraction of sp³-hybridized carbons (Fsp3) is 0.571. The molecular weight excluding hydrogens is 497 g/mol. The maximum atomic E-state index is 13.3. The predicted octanol–water partition coefficient (Wildman–Crippen LogP) is 7.24. The Morgan fingerprint density at radius 3 is 2.14 bits per heavy atom. The van der Waals surface area contributed by atoms with Crippen molar-refractivity contribution in [2.45, 2.75) is 77.0 Å². The second kappa shape index (κ2) is 11.9. The third-order valence-electron chi connectivity index (χ3n) is 8.23. The number of rotatable bonds is 7. The first kappa shape index (κ1) is 26.9. The third-order valence-corrected chi connectivity index (χ3v) is 8.81. The Bertz CT molecular complexity index is 1040. The minimum absolute atomic E-state index is 0.0631. The average Bonchev–Trinajstić information content (AvgIpc) is 2.89. The van der Waals surface area contributed by atoms with Crippen molar-refractivity contribution in [3.8, 4) is 0 Å². The van der Waals surface area contributed by atoms with Gasteiger partial charge in [0.1, 0.15) is 22.2 Å². The molecule has 1 aromatic carbocycles. The van der Waals surface area contributed by atoms with E-state index in [9.17, 15) is 9.59 Å². The van der Waals surface area contributed by atoms with E-state index >= 15 is 0 Å². The molecular formula is C28H35Cl2N3O3. The molecule has 0 N–H and O–H groups in total. The van der Waals surface area contributed by atoms with Crippen molar-refractivity contribution < 1.29 is 14.3 Å². The number of methoxy groups -OCH3 is 1. The molecule has 1 aromatic heterocycles. The first-order chi connectivity index (χ1) is 17.4. The van der Waals surface area contributed by atoms with Gasteiger partial charge in [0, 0.05) is 18.7 Å². The first-order valence-electron chi connectivity index (χ1n) is 13.0. The first-order valence-corrected chi connectivity index (χ1v) is 13.8. The van der Waals surface area contributed by atoms with Gasteiger partial charge in [-0.15, -0.1) is 0 Å². The number of anilines is 1. The maximum absolute atomic E-state index is 13.3. The second-order valence-electron chi connectivity index (χ2n) is 10.4. The highest BCUT2D eigenvalue weighted by molar-refractivity contribution is 6.39. The molecule has 2 saturated carbocycles. The Morgan fingerprint density at radius 2 is 1.58 bits per heavy atom. The van der Waals surface area contributed by atoms with Gasteiger partial charge >= 0.3 is 5.97 Å². The molecule has 0 unspecified atom stereocenters. The normalized spacial score (nSPS) is 23.9. The van der Waals surface area contributed by atoms with Crippen LogP contribution in [0.1, 0.15) is 93.0 Å². The van der Waals surface area contributed by atoms with Gasteiger partial charge in [-0.2, -0.15) is 0 Å². The number of carbonyl (C=O) groups excluding carboxylic acids is 2. The predicted molar refractivity (Wildman–Crippen MR) is 143 cm³/mol. The quantitative estimate of drug-likeness (QED) is 0.278. The van der Waals surface area contributed by atoms with E-state index in [0.717, 1.165) is 24.9 Å². The van der Waals surface area contributed by atoms with Crippen LogP contribution in [0.15, 0.2) is 30.6 Å². The van der Waals surface area contributed by atoms with Crippen LogP contribution in [-0.4, -0.2) is 35.5 Å². The molecule has 0 radical (unpaired) electrons. The Hall–Kier alpha value is -2.18. The van der Waals surface area contributed by atoms with Crippen LogP contribution in [-0.2, 0) is 9.53 Å². The zero-order valence-corrected chi connectivity index (χ0v) is 22.7. The van der Waals surface area contributed by atoms with Crippen LogP contribution < -0.4 is 4.90 Å². The molecule has 2 aromatic rings. The SMILES string of the molecule is CCCN(C(=O)c1c(Cl)ncnc1Cl)c1ccc(C2CCC3(CCC(CC(=O)OC)CC3)CC2)cc1. The molecule has 36 heavy (non-hydrogen) atoms. The average molecular weight is 533 g/mol. The van der Waals surface area contributed by atoms with Gasteiger partial charge in [0.05, 0.1) is 7.11 Å². The lowest BCUT2D eigenvalue weighted by Crippen LogP contribution is -2.33. The summed E-state index contributed by atoms with van der Waals surface area (Å²) in [5.41, 5.74) is 2.73. The highest BCUT2D eigenvalue weighted by Gasteiger charge is 2.39. The van der Waals surface area contributed by atoms with Crippen molar-refractivity contribution in [2.24, 2.45) is 11.3 Å². The molecule has 194 valence electrons. The summed E-state index contributed by atoms with van der Waals surface area (Å²) in [5, 5.41) is 0.126. The summed E-state index contributed by atoms with van der Waals surface area (Å²) in [4.78, 5) is 34.5. The summed E-state index contributed by atoms with van der Waals surface area (Å²) in [6.07, 6.45) is 12.2. The molecule has 0 bridgehead atoms. The Kier molecular flexibility index (Phi) is 8.89. The van der Waals surface area contributed by atoms with E-state index in [2.05, 4.69) is 22.1 Å². The number of aromatic nitrogens is 2. The van der Waals surface area contributed by atoms with E-state index < -0.39 is 0 Å². The standard InChI is InChI=1S/C28H35Cl2N3O3/c1-3-16-33(27(35)24-25(29)31-18-32-26(24)30)22-6-4-20(5-7-22)21-10-14-28(15-11-21)12-8-19(9-13-28)17-23(34)36-2/h4-7,18-19,21H,3,8-17H2,1-2H3. The van der Waals surface area contributed by atoms with E-state index in [0.29, 0.717) is 30.2 Å². The van der Waals surface area contributed by atoms with Gasteiger partial charge in [-0.3, -0.25) is 9.59 Å². The van der Waals surface area contributed by atoms with Gasteiger partial charge in [-0.05, 0) is 92.7 Å². The number of hydrogen-bond acceptors (Lipinski definition) is 5. The number of esters is 1. The minimum atomic E-state index is -0.289. The molecule has 2 fully saturated rings. The number of nitrogens with zero attached hydrogens (tertiary/aromatic N) is 3. The van der Waals surface area contributed by atoms with Crippen molar-refractivity contribution in [3.05, 3.63) is 52.0 Å². The molecule has 0 atom stereocenters.